The Hall–Kier alpha value is -1.97. The molecule has 0 fully saturated rings. The molecule has 1 aliphatic carbocycles. The third kappa shape index (κ3) is 2.26. The van der Waals surface area contributed by atoms with Crippen molar-refractivity contribution in [2.45, 2.75) is 6.92 Å². The Morgan fingerprint density at radius 1 is 1.36 bits per heavy atom. The number of esters is 1. The third-order valence-electron chi connectivity index (χ3n) is 1.47. The van der Waals surface area contributed by atoms with Gasteiger partial charge < -0.3 is 4.74 Å². The maximum absolute atomic E-state index is 11.1. The van der Waals surface area contributed by atoms with Gasteiger partial charge in [0.05, 0.1) is 0 Å². The summed E-state index contributed by atoms with van der Waals surface area (Å²) in [4.78, 5) is 32.9. The summed E-state index contributed by atoms with van der Waals surface area (Å²) in [6, 6.07) is 0. The highest BCUT2D eigenvalue weighted by Gasteiger charge is 2.18. The van der Waals surface area contributed by atoms with Crippen molar-refractivity contribution in [2.24, 2.45) is 0 Å². The quantitative estimate of drug-likeness (QED) is 0.367. The van der Waals surface area contributed by atoms with Gasteiger partial charge in [0.2, 0.25) is 5.78 Å². The normalized spacial score (nSPS) is 15.1. The van der Waals surface area contributed by atoms with E-state index in [1.807, 2.05) is 0 Å². The zero-order chi connectivity index (χ0) is 10.7. The van der Waals surface area contributed by atoms with E-state index in [1.54, 1.807) is 0 Å². The van der Waals surface area contributed by atoms with Crippen LogP contribution >= 0.6 is 0 Å². The van der Waals surface area contributed by atoms with Gasteiger partial charge in [-0.25, -0.2) is 4.79 Å². The molecule has 0 aromatic heterocycles. The van der Waals surface area contributed by atoms with Crippen LogP contribution in [0.1, 0.15) is 6.92 Å². The van der Waals surface area contributed by atoms with Crippen LogP contribution < -0.4 is 0 Å². The molecule has 1 aliphatic rings. The largest absolute Gasteiger partial charge is 0.419 e. The zero-order valence-electron chi connectivity index (χ0n) is 7.57. The van der Waals surface area contributed by atoms with Gasteiger partial charge in [0.25, 0.3) is 0 Å². The molecule has 0 bridgehead atoms. The number of hydrogen-bond donors (Lipinski definition) is 0. The molecule has 1 rings (SSSR count). The van der Waals surface area contributed by atoms with Crippen LogP contribution in [0.4, 0.5) is 0 Å². The Kier molecular flexibility index (Phi) is 2.76. The first kappa shape index (κ1) is 10.1. The summed E-state index contributed by atoms with van der Waals surface area (Å²) in [5.74, 6) is -1.86. The van der Waals surface area contributed by atoms with Gasteiger partial charge >= 0.3 is 5.97 Å². The fourth-order valence-electron chi connectivity index (χ4n) is 0.755. The number of ketones is 2. The summed E-state index contributed by atoms with van der Waals surface area (Å²) in [7, 11) is 0. The van der Waals surface area contributed by atoms with Crippen LogP contribution in [0, 0.1) is 0 Å². The van der Waals surface area contributed by atoms with Crippen LogP contribution in [0.3, 0.4) is 0 Å². The molecule has 0 atom stereocenters. The summed E-state index contributed by atoms with van der Waals surface area (Å²) in [5.41, 5.74) is 0.167. The second-order valence-electron chi connectivity index (χ2n) is 2.78. The van der Waals surface area contributed by atoms with Crippen molar-refractivity contribution in [1.29, 1.82) is 0 Å². The molecule has 0 spiro atoms. The Bertz CT molecular complexity index is 385. The summed E-state index contributed by atoms with van der Waals surface area (Å²) in [6.45, 7) is 4.80. The Morgan fingerprint density at radius 2 is 2.00 bits per heavy atom. The first-order valence-electron chi connectivity index (χ1n) is 3.86. The van der Waals surface area contributed by atoms with Crippen LogP contribution in [0.15, 0.2) is 36.1 Å². The maximum Gasteiger partial charge on any atom is 0.338 e. The molecule has 0 saturated carbocycles. The van der Waals surface area contributed by atoms with Gasteiger partial charge in [0, 0.05) is 11.6 Å². The van der Waals surface area contributed by atoms with E-state index < -0.39 is 11.8 Å². The van der Waals surface area contributed by atoms with E-state index in [0.717, 1.165) is 18.2 Å². The van der Waals surface area contributed by atoms with Crippen LogP contribution in [-0.4, -0.2) is 17.5 Å². The number of hydrogen-bond acceptors (Lipinski definition) is 4. The van der Waals surface area contributed by atoms with Crippen molar-refractivity contribution < 1.29 is 19.1 Å². The van der Waals surface area contributed by atoms with Crippen molar-refractivity contribution in [3.05, 3.63) is 36.1 Å². The number of carbonyl (C=O) groups is 3. The molecule has 0 aromatic carbocycles. The molecule has 0 N–H and O–H groups in total. The molecular formula is C10H8O4. The first-order chi connectivity index (χ1) is 6.50. The van der Waals surface area contributed by atoms with E-state index >= 15 is 0 Å². The second-order valence-corrected chi connectivity index (χ2v) is 2.78. The summed E-state index contributed by atoms with van der Waals surface area (Å²) < 4.78 is 4.64. The van der Waals surface area contributed by atoms with Gasteiger partial charge in [0.15, 0.2) is 11.5 Å². The van der Waals surface area contributed by atoms with Gasteiger partial charge in [-0.1, -0.05) is 6.58 Å². The number of carbonyl (C=O) groups excluding carboxylic acids is 3. The van der Waals surface area contributed by atoms with Crippen LogP contribution in [-0.2, 0) is 19.1 Å². The van der Waals surface area contributed by atoms with Crippen LogP contribution in [0.5, 0.6) is 0 Å². The van der Waals surface area contributed by atoms with E-state index in [-0.39, 0.29) is 17.1 Å². The first-order valence-corrected chi connectivity index (χ1v) is 3.86. The average molecular weight is 192 g/mol. The molecule has 0 radical (unpaired) electrons. The maximum atomic E-state index is 11.1. The highest BCUT2D eigenvalue weighted by molar-refractivity contribution is 6.17. The van der Waals surface area contributed by atoms with Crippen LogP contribution in [0.2, 0.25) is 0 Å². The molecule has 4 nitrogen and oxygen atoms in total. The molecule has 0 heterocycles. The fourth-order valence-corrected chi connectivity index (χ4v) is 0.755. The van der Waals surface area contributed by atoms with Gasteiger partial charge in [-0.15, -0.1) is 0 Å². The van der Waals surface area contributed by atoms with Crippen molar-refractivity contribution in [3.8, 4) is 0 Å². The summed E-state index contributed by atoms with van der Waals surface area (Å²) in [6.07, 6.45) is 3.15. The number of allylic oxidation sites excluding steroid dienone is 3. The van der Waals surface area contributed by atoms with Crippen molar-refractivity contribution >= 4 is 17.5 Å². The van der Waals surface area contributed by atoms with Crippen molar-refractivity contribution in [3.63, 3.8) is 0 Å². The predicted octanol–water partition coefficient (Wildman–Crippen LogP) is 0.698. The van der Waals surface area contributed by atoms with E-state index in [2.05, 4.69) is 11.3 Å². The molecule has 14 heavy (non-hydrogen) atoms. The fraction of sp³-hybridized carbons (Fsp3) is 0.100. The minimum Gasteiger partial charge on any atom is -0.419 e. The zero-order valence-corrected chi connectivity index (χ0v) is 7.57. The minimum atomic E-state index is -0.715. The number of rotatable bonds is 2. The topological polar surface area (TPSA) is 60.4 Å². The second kappa shape index (κ2) is 3.83. The average Bonchev–Trinajstić information content (AvgIpc) is 2.11. The number of ether oxygens (including phenoxy) is 1. The van der Waals surface area contributed by atoms with Crippen LogP contribution in [0.25, 0.3) is 0 Å². The molecule has 0 unspecified atom stereocenters. The van der Waals surface area contributed by atoms with Gasteiger partial charge in [-0.3, -0.25) is 9.59 Å². The molecule has 0 aromatic rings. The molecular weight excluding hydrogens is 184 g/mol. The third-order valence-corrected chi connectivity index (χ3v) is 1.47. The van der Waals surface area contributed by atoms with E-state index in [4.69, 9.17) is 0 Å². The highest BCUT2D eigenvalue weighted by Crippen LogP contribution is 2.09. The van der Waals surface area contributed by atoms with Gasteiger partial charge in [-0.2, -0.15) is 0 Å². The highest BCUT2D eigenvalue weighted by atomic mass is 16.5. The lowest BCUT2D eigenvalue weighted by Gasteiger charge is -2.06. The Labute approximate surface area is 80.5 Å². The lowest BCUT2D eigenvalue weighted by Crippen LogP contribution is -2.14. The summed E-state index contributed by atoms with van der Waals surface area (Å²) >= 11 is 0. The predicted molar refractivity (Wildman–Crippen MR) is 48.1 cm³/mol. The molecule has 0 saturated heterocycles. The van der Waals surface area contributed by atoms with Gasteiger partial charge in [0.1, 0.15) is 0 Å². The van der Waals surface area contributed by atoms with Gasteiger partial charge in [-0.05, 0) is 19.1 Å². The summed E-state index contributed by atoms with van der Waals surface area (Å²) in [5, 5.41) is 0. The van der Waals surface area contributed by atoms with E-state index in [9.17, 15) is 14.4 Å². The lowest BCUT2D eigenvalue weighted by molar-refractivity contribution is -0.137. The SMILES string of the molecule is C=C(C)C(=O)OC1=CC(=O)C=CC1=O. The standard InChI is InChI=1S/C10H8O4/c1-6(2)10(13)14-9-5-7(11)3-4-8(9)12/h3-5H,1H2,2H3. The monoisotopic (exact) mass is 192 g/mol. The van der Waals surface area contributed by atoms with Crippen molar-refractivity contribution in [2.75, 3.05) is 0 Å². The van der Waals surface area contributed by atoms with E-state index in [0.29, 0.717) is 0 Å². The Balaban J connectivity index is 2.79. The molecule has 0 aliphatic heterocycles. The van der Waals surface area contributed by atoms with E-state index in [1.165, 1.54) is 6.92 Å². The Morgan fingerprint density at radius 3 is 2.57 bits per heavy atom. The lowest BCUT2D eigenvalue weighted by atomic mass is 10.1. The van der Waals surface area contributed by atoms with Crippen molar-refractivity contribution in [1.82, 2.24) is 0 Å². The molecule has 0 amide bonds. The minimum absolute atomic E-state index is 0.167. The smallest absolute Gasteiger partial charge is 0.338 e. The molecule has 72 valence electrons. The molecule has 4 heteroatoms.